The minimum Gasteiger partial charge on any atom is -0.198 e. The molecule has 0 aromatic heterocycles. The van der Waals surface area contributed by atoms with Crippen molar-refractivity contribution in [2.24, 2.45) is 22.7 Å². The highest BCUT2D eigenvalue weighted by molar-refractivity contribution is 4.97. The van der Waals surface area contributed by atoms with Crippen LogP contribution in [0.1, 0.15) is 54.4 Å². The Bertz CT molecular complexity index is 291. The van der Waals surface area contributed by atoms with Gasteiger partial charge in [0.25, 0.3) is 0 Å². The molecule has 0 aromatic rings. The van der Waals surface area contributed by atoms with Gasteiger partial charge in [-0.05, 0) is 23.7 Å². The second-order valence-electron chi connectivity index (χ2n) is 6.87. The molecule has 0 amide bonds. The Kier molecular flexibility index (Phi) is 5.01. The van der Waals surface area contributed by atoms with Gasteiger partial charge in [0, 0.05) is 5.92 Å². The van der Waals surface area contributed by atoms with Crippen LogP contribution < -0.4 is 0 Å². The number of hydrogen-bond donors (Lipinski definition) is 0. The van der Waals surface area contributed by atoms with Gasteiger partial charge in [0.15, 0.2) is 0 Å². The summed E-state index contributed by atoms with van der Waals surface area (Å²) >= 11 is 0. The van der Waals surface area contributed by atoms with Crippen molar-refractivity contribution in [3.63, 3.8) is 0 Å². The van der Waals surface area contributed by atoms with Crippen LogP contribution >= 0.6 is 0 Å². The van der Waals surface area contributed by atoms with E-state index in [0.29, 0.717) is 6.42 Å². The monoisotopic (exact) mass is 220 g/mol. The highest BCUT2D eigenvalue weighted by atomic mass is 14.4. The molecule has 0 bridgehead atoms. The smallest absolute Gasteiger partial charge is 0.0661 e. The van der Waals surface area contributed by atoms with Crippen LogP contribution in [0.2, 0.25) is 0 Å². The first-order valence-electron chi connectivity index (χ1n) is 5.89. The molecule has 0 aliphatic heterocycles. The Labute approximate surface area is 100 Å². The molecular weight excluding hydrogens is 196 g/mol. The molecule has 0 heterocycles. The van der Waals surface area contributed by atoms with Crippen LogP contribution in [-0.4, -0.2) is 0 Å². The maximum absolute atomic E-state index is 9.14. The SMILES string of the molecule is CC(C)(C)CC(C#N)CC(C#N)C(C)(C)C. The highest BCUT2D eigenvalue weighted by Gasteiger charge is 2.29. The fraction of sp³-hybridized carbons (Fsp3) is 0.857. The van der Waals surface area contributed by atoms with E-state index in [1.807, 2.05) is 0 Å². The Hall–Kier alpha value is -1.02. The second-order valence-corrected chi connectivity index (χ2v) is 6.87. The molecule has 0 radical (unpaired) electrons. The average molecular weight is 220 g/mol. The molecule has 0 aromatic carbocycles. The Balaban J connectivity index is 4.57. The maximum atomic E-state index is 9.14. The fourth-order valence-electron chi connectivity index (χ4n) is 1.81. The summed E-state index contributed by atoms with van der Waals surface area (Å²) in [4.78, 5) is 0. The van der Waals surface area contributed by atoms with Crippen LogP contribution in [-0.2, 0) is 0 Å². The largest absolute Gasteiger partial charge is 0.198 e. The molecule has 2 atom stereocenters. The van der Waals surface area contributed by atoms with Gasteiger partial charge in [-0.3, -0.25) is 0 Å². The van der Waals surface area contributed by atoms with E-state index in [9.17, 15) is 0 Å². The van der Waals surface area contributed by atoms with Crippen LogP contribution in [0, 0.1) is 45.3 Å². The van der Waals surface area contributed by atoms with Gasteiger partial charge >= 0.3 is 0 Å². The molecule has 0 saturated heterocycles. The van der Waals surface area contributed by atoms with Crippen molar-refractivity contribution >= 4 is 0 Å². The summed E-state index contributed by atoms with van der Waals surface area (Å²) < 4.78 is 0. The second kappa shape index (κ2) is 5.35. The van der Waals surface area contributed by atoms with E-state index >= 15 is 0 Å². The molecule has 2 heteroatoms. The predicted molar refractivity (Wildman–Crippen MR) is 66.4 cm³/mol. The average Bonchev–Trinajstić information content (AvgIpc) is 2.07. The van der Waals surface area contributed by atoms with E-state index in [1.165, 1.54) is 0 Å². The molecule has 0 spiro atoms. The van der Waals surface area contributed by atoms with Crippen molar-refractivity contribution in [3.05, 3.63) is 0 Å². The van der Waals surface area contributed by atoms with E-state index in [1.54, 1.807) is 0 Å². The molecule has 0 saturated carbocycles. The highest BCUT2D eigenvalue weighted by Crippen LogP contribution is 2.34. The van der Waals surface area contributed by atoms with E-state index in [4.69, 9.17) is 10.5 Å². The molecule has 16 heavy (non-hydrogen) atoms. The zero-order chi connectivity index (χ0) is 13.0. The fourth-order valence-corrected chi connectivity index (χ4v) is 1.81. The molecule has 2 unspecified atom stereocenters. The first-order chi connectivity index (χ1) is 7.10. The van der Waals surface area contributed by atoms with Crippen molar-refractivity contribution in [3.8, 4) is 12.1 Å². The lowest BCUT2D eigenvalue weighted by Crippen LogP contribution is -2.23. The van der Waals surface area contributed by atoms with Crippen LogP contribution in [0.25, 0.3) is 0 Å². The Morgan fingerprint density at radius 1 is 0.938 bits per heavy atom. The van der Waals surface area contributed by atoms with E-state index in [-0.39, 0.29) is 22.7 Å². The molecule has 90 valence electrons. The van der Waals surface area contributed by atoms with E-state index in [0.717, 1.165) is 6.42 Å². The number of hydrogen-bond acceptors (Lipinski definition) is 2. The number of nitriles is 2. The summed E-state index contributed by atoms with van der Waals surface area (Å²) in [6.07, 6.45) is 1.55. The zero-order valence-corrected chi connectivity index (χ0v) is 11.5. The van der Waals surface area contributed by atoms with Crippen LogP contribution in [0.5, 0.6) is 0 Å². The quantitative estimate of drug-likeness (QED) is 0.717. The zero-order valence-electron chi connectivity index (χ0n) is 11.5. The third-order valence-corrected chi connectivity index (χ3v) is 2.76. The summed E-state index contributed by atoms with van der Waals surface area (Å²) in [5.41, 5.74) is 0.111. The van der Waals surface area contributed by atoms with E-state index in [2.05, 4.69) is 53.7 Å². The predicted octanol–water partition coefficient (Wildman–Crippen LogP) is 4.14. The van der Waals surface area contributed by atoms with Crippen molar-refractivity contribution in [2.45, 2.75) is 54.4 Å². The Morgan fingerprint density at radius 3 is 1.69 bits per heavy atom. The van der Waals surface area contributed by atoms with Gasteiger partial charge < -0.3 is 0 Å². The molecule has 2 nitrogen and oxygen atoms in total. The Morgan fingerprint density at radius 2 is 1.44 bits per heavy atom. The van der Waals surface area contributed by atoms with Crippen molar-refractivity contribution in [2.75, 3.05) is 0 Å². The molecular formula is C14H24N2. The first-order valence-corrected chi connectivity index (χ1v) is 5.89. The summed E-state index contributed by atoms with van der Waals surface area (Å²) in [6.45, 7) is 12.6. The summed E-state index contributed by atoms with van der Waals surface area (Å²) in [7, 11) is 0. The van der Waals surface area contributed by atoms with Crippen LogP contribution in [0.4, 0.5) is 0 Å². The summed E-state index contributed by atoms with van der Waals surface area (Å²) in [5, 5.41) is 18.3. The van der Waals surface area contributed by atoms with E-state index < -0.39 is 0 Å². The number of rotatable bonds is 3. The molecule has 0 N–H and O–H groups in total. The summed E-state index contributed by atoms with van der Waals surface area (Å²) in [5.74, 6) is -0.0524. The summed E-state index contributed by atoms with van der Waals surface area (Å²) in [6, 6.07) is 4.69. The van der Waals surface area contributed by atoms with Gasteiger partial charge in [0.1, 0.15) is 0 Å². The lowest BCUT2D eigenvalue weighted by molar-refractivity contribution is 0.234. The maximum Gasteiger partial charge on any atom is 0.0661 e. The minimum absolute atomic E-state index is 0.0103. The first kappa shape index (κ1) is 15.0. The lowest BCUT2D eigenvalue weighted by Gasteiger charge is -2.28. The van der Waals surface area contributed by atoms with Crippen LogP contribution in [0.15, 0.2) is 0 Å². The van der Waals surface area contributed by atoms with Crippen molar-refractivity contribution in [1.82, 2.24) is 0 Å². The third-order valence-electron chi connectivity index (χ3n) is 2.76. The van der Waals surface area contributed by atoms with Gasteiger partial charge in [-0.15, -0.1) is 0 Å². The van der Waals surface area contributed by atoms with Crippen molar-refractivity contribution in [1.29, 1.82) is 10.5 Å². The number of nitrogens with zero attached hydrogens (tertiary/aromatic N) is 2. The topological polar surface area (TPSA) is 47.6 Å². The molecule has 0 aliphatic carbocycles. The minimum atomic E-state index is -0.0421. The van der Waals surface area contributed by atoms with Gasteiger partial charge in [-0.2, -0.15) is 10.5 Å². The lowest BCUT2D eigenvalue weighted by atomic mass is 9.74. The van der Waals surface area contributed by atoms with Gasteiger partial charge in [-0.1, -0.05) is 41.5 Å². The van der Waals surface area contributed by atoms with Gasteiger partial charge in [0.05, 0.1) is 18.1 Å². The molecule has 0 aliphatic rings. The molecule has 0 rings (SSSR count). The van der Waals surface area contributed by atoms with Gasteiger partial charge in [0.2, 0.25) is 0 Å². The molecule has 0 fully saturated rings. The standard InChI is InChI=1S/C14H24N2/c1-13(2,3)8-11(9-15)7-12(10-16)14(4,5)6/h11-12H,7-8H2,1-6H3. The van der Waals surface area contributed by atoms with Gasteiger partial charge in [-0.25, -0.2) is 0 Å². The third kappa shape index (κ3) is 5.76. The normalized spacial score (nSPS) is 16.0. The van der Waals surface area contributed by atoms with Crippen molar-refractivity contribution < 1.29 is 0 Å². The van der Waals surface area contributed by atoms with Crippen LogP contribution in [0.3, 0.4) is 0 Å².